The lowest BCUT2D eigenvalue weighted by molar-refractivity contribution is 0.104. The predicted octanol–water partition coefficient (Wildman–Crippen LogP) is 5.02. The van der Waals surface area contributed by atoms with Crippen LogP contribution < -0.4 is 15.8 Å². The highest BCUT2D eigenvalue weighted by atomic mass is 35.5. The minimum Gasteiger partial charge on any atom is -0.497 e. The van der Waals surface area contributed by atoms with Crippen LogP contribution in [-0.2, 0) is 0 Å². The Balaban J connectivity index is 1.85. The van der Waals surface area contributed by atoms with E-state index in [1.807, 2.05) is 24.3 Å². The molecular weight excluding hydrogens is 381 g/mol. The lowest BCUT2D eigenvalue weighted by atomic mass is 10.1. The van der Waals surface area contributed by atoms with Crippen LogP contribution >= 0.6 is 34.5 Å². The molecule has 25 heavy (non-hydrogen) atoms. The average Bonchev–Trinajstić information content (AvgIpc) is 2.95. The number of nitrogens with one attached hydrogen (secondary N) is 1. The number of benzene rings is 2. The van der Waals surface area contributed by atoms with E-state index in [1.165, 1.54) is 6.07 Å². The molecule has 1 heterocycles. The summed E-state index contributed by atoms with van der Waals surface area (Å²) in [7, 11) is 1.60. The first-order valence-corrected chi connectivity index (χ1v) is 8.72. The summed E-state index contributed by atoms with van der Waals surface area (Å²) in [6.45, 7) is 0. The second kappa shape index (κ2) is 7.31. The Morgan fingerprint density at radius 2 is 1.92 bits per heavy atom. The van der Waals surface area contributed by atoms with Crippen molar-refractivity contribution in [3.63, 3.8) is 0 Å². The second-order valence-corrected chi connectivity index (χ2v) is 6.88. The number of ketones is 1. The lowest BCUT2D eigenvalue weighted by Gasteiger charge is -2.04. The predicted molar refractivity (Wildman–Crippen MR) is 103 cm³/mol. The normalized spacial score (nSPS) is 10.5. The van der Waals surface area contributed by atoms with Crippen LogP contribution in [0.25, 0.3) is 0 Å². The van der Waals surface area contributed by atoms with Crippen LogP contribution in [0.3, 0.4) is 0 Å². The smallest absolute Gasteiger partial charge is 0.208 e. The average molecular weight is 394 g/mol. The van der Waals surface area contributed by atoms with E-state index in [9.17, 15) is 4.79 Å². The monoisotopic (exact) mass is 393 g/mol. The maximum Gasteiger partial charge on any atom is 0.208 e. The molecule has 1 aromatic heterocycles. The first-order chi connectivity index (χ1) is 12.0. The molecule has 3 rings (SSSR count). The zero-order chi connectivity index (χ0) is 18.0. The number of nitrogen functional groups attached to an aromatic ring is 1. The van der Waals surface area contributed by atoms with Gasteiger partial charge in [0, 0.05) is 16.3 Å². The molecule has 0 radical (unpaired) electrons. The maximum absolute atomic E-state index is 12.7. The fraction of sp³-hybridized carbons (Fsp3) is 0.0588. The van der Waals surface area contributed by atoms with Gasteiger partial charge in [0.15, 0.2) is 5.13 Å². The molecule has 3 N–H and O–H groups in total. The number of aromatic nitrogens is 1. The third kappa shape index (κ3) is 3.87. The topological polar surface area (TPSA) is 77.2 Å². The number of carbonyl (C=O) groups is 1. The number of rotatable bonds is 5. The van der Waals surface area contributed by atoms with Crippen LogP contribution in [0.2, 0.25) is 10.0 Å². The molecule has 0 saturated heterocycles. The third-order valence-corrected chi connectivity index (χ3v) is 4.91. The van der Waals surface area contributed by atoms with Crippen molar-refractivity contribution in [3.05, 3.63) is 63.0 Å². The highest BCUT2D eigenvalue weighted by Gasteiger charge is 2.20. The van der Waals surface area contributed by atoms with Crippen molar-refractivity contribution in [1.29, 1.82) is 0 Å². The van der Waals surface area contributed by atoms with Crippen LogP contribution in [0, 0.1) is 0 Å². The third-order valence-electron chi connectivity index (χ3n) is 3.38. The van der Waals surface area contributed by atoms with Gasteiger partial charge in [0.25, 0.3) is 0 Å². The zero-order valence-corrected chi connectivity index (χ0v) is 15.4. The van der Waals surface area contributed by atoms with Crippen molar-refractivity contribution in [3.8, 4) is 5.75 Å². The SMILES string of the molecule is COc1ccc(Nc2nc(N)c(C(=O)c3ccc(Cl)cc3Cl)s2)cc1. The molecule has 0 aliphatic rings. The summed E-state index contributed by atoms with van der Waals surface area (Å²) in [5.41, 5.74) is 7.04. The number of halogens is 2. The minimum absolute atomic E-state index is 0.150. The van der Waals surface area contributed by atoms with Gasteiger partial charge in [-0.25, -0.2) is 4.98 Å². The van der Waals surface area contributed by atoms with Crippen molar-refractivity contribution < 1.29 is 9.53 Å². The summed E-state index contributed by atoms with van der Waals surface area (Å²) < 4.78 is 5.12. The number of nitrogens with two attached hydrogens (primary N) is 1. The number of nitrogens with zero attached hydrogens (tertiary/aromatic N) is 1. The molecule has 8 heteroatoms. The summed E-state index contributed by atoms with van der Waals surface area (Å²) in [4.78, 5) is 17.2. The van der Waals surface area contributed by atoms with Gasteiger partial charge in [0.2, 0.25) is 5.78 Å². The van der Waals surface area contributed by atoms with Gasteiger partial charge in [-0.05, 0) is 42.5 Å². The number of methoxy groups -OCH3 is 1. The molecule has 0 amide bonds. The Morgan fingerprint density at radius 1 is 1.20 bits per heavy atom. The molecule has 5 nitrogen and oxygen atoms in total. The van der Waals surface area contributed by atoms with E-state index in [1.54, 1.807) is 19.2 Å². The highest BCUT2D eigenvalue weighted by molar-refractivity contribution is 7.18. The van der Waals surface area contributed by atoms with Crippen molar-refractivity contribution in [2.45, 2.75) is 0 Å². The van der Waals surface area contributed by atoms with Gasteiger partial charge in [-0.2, -0.15) is 0 Å². The Hall–Kier alpha value is -2.28. The molecule has 0 atom stereocenters. The van der Waals surface area contributed by atoms with E-state index in [0.717, 1.165) is 22.8 Å². The van der Waals surface area contributed by atoms with E-state index in [2.05, 4.69) is 10.3 Å². The van der Waals surface area contributed by atoms with Crippen LogP contribution in [0.4, 0.5) is 16.6 Å². The fourth-order valence-electron chi connectivity index (χ4n) is 2.14. The first-order valence-electron chi connectivity index (χ1n) is 7.15. The fourth-order valence-corrected chi connectivity index (χ4v) is 3.50. The number of thiazole rings is 1. The largest absolute Gasteiger partial charge is 0.497 e. The molecule has 2 aromatic carbocycles. The Morgan fingerprint density at radius 3 is 2.56 bits per heavy atom. The van der Waals surface area contributed by atoms with E-state index in [4.69, 9.17) is 33.7 Å². The van der Waals surface area contributed by atoms with Gasteiger partial charge < -0.3 is 15.8 Å². The Kier molecular flexibility index (Phi) is 5.13. The van der Waals surface area contributed by atoms with Gasteiger partial charge in [-0.3, -0.25) is 4.79 Å². The molecule has 0 unspecified atom stereocenters. The van der Waals surface area contributed by atoms with Crippen molar-refractivity contribution in [2.75, 3.05) is 18.2 Å². The van der Waals surface area contributed by atoms with Crippen molar-refractivity contribution >= 4 is 57.0 Å². The summed E-state index contributed by atoms with van der Waals surface area (Å²) in [5.74, 6) is 0.605. The van der Waals surface area contributed by atoms with E-state index in [-0.39, 0.29) is 16.6 Å². The quantitative estimate of drug-likeness (QED) is 0.595. The molecule has 0 aliphatic heterocycles. The van der Waals surface area contributed by atoms with Crippen LogP contribution in [0.1, 0.15) is 15.2 Å². The standard InChI is InChI=1S/C17H13Cl2N3O2S/c1-24-11-5-3-10(4-6-11)21-17-22-16(20)15(25-17)14(23)12-7-2-9(18)8-13(12)19/h2-8H,20H2,1H3,(H,21,22). The molecule has 128 valence electrons. The van der Waals surface area contributed by atoms with Gasteiger partial charge in [-0.1, -0.05) is 34.5 Å². The van der Waals surface area contributed by atoms with Gasteiger partial charge in [-0.15, -0.1) is 0 Å². The van der Waals surface area contributed by atoms with Gasteiger partial charge in [0.05, 0.1) is 12.1 Å². The first kappa shape index (κ1) is 17.5. The lowest BCUT2D eigenvalue weighted by Crippen LogP contribution is -2.03. The van der Waals surface area contributed by atoms with Crippen LogP contribution in [0.5, 0.6) is 5.75 Å². The molecule has 0 fully saturated rings. The van der Waals surface area contributed by atoms with E-state index in [0.29, 0.717) is 20.6 Å². The van der Waals surface area contributed by atoms with Gasteiger partial charge >= 0.3 is 0 Å². The van der Waals surface area contributed by atoms with Crippen molar-refractivity contribution in [2.24, 2.45) is 0 Å². The van der Waals surface area contributed by atoms with Crippen molar-refractivity contribution in [1.82, 2.24) is 4.98 Å². The summed E-state index contributed by atoms with van der Waals surface area (Å²) in [6.07, 6.45) is 0. The zero-order valence-electron chi connectivity index (χ0n) is 13.0. The summed E-state index contributed by atoms with van der Waals surface area (Å²) in [5, 5.41) is 4.35. The molecule has 0 aliphatic carbocycles. The second-order valence-electron chi connectivity index (χ2n) is 5.04. The highest BCUT2D eigenvalue weighted by Crippen LogP contribution is 2.32. The van der Waals surface area contributed by atoms with Crippen LogP contribution in [0.15, 0.2) is 42.5 Å². The summed E-state index contributed by atoms with van der Waals surface area (Å²) in [6, 6.07) is 12.0. The number of hydrogen-bond donors (Lipinski definition) is 2. The number of hydrogen-bond acceptors (Lipinski definition) is 6. The Bertz CT molecular complexity index is 926. The molecule has 0 bridgehead atoms. The van der Waals surface area contributed by atoms with Crippen LogP contribution in [-0.4, -0.2) is 17.9 Å². The van der Waals surface area contributed by atoms with E-state index < -0.39 is 0 Å². The maximum atomic E-state index is 12.7. The summed E-state index contributed by atoms with van der Waals surface area (Å²) >= 11 is 13.1. The van der Waals surface area contributed by atoms with Gasteiger partial charge in [0.1, 0.15) is 16.4 Å². The molecule has 0 saturated carbocycles. The molecule has 3 aromatic rings. The number of ether oxygens (including phenoxy) is 1. The molecular formula is C17H13Cl2N3O2S. The van der Waals surface area contributed by atoms with E-state index >= 15 is 0 Å². The number of carbonyl (C=O) groups excluding carboxylic acids is 1. The molecule has 0 spiro atoms. The minimum atomic E-state index is -0.292. The Labute approximate surface area is 158 Å². The number of anilines is 3.